The summed E-state index contributed by atoms with van der Waals surface area (Å²) in [6.45, 7) is 1.64. The molecular weight excluding hydrogens is 266 g/mol. The van der Waals surface area contributed by atoms with Crippen molar-refractivity contribution >= 4 is 17.5 Å². The molecule has 6 heteroatoms. The Balaban J connectivity index is 2.20. The van der Waals surface area contributed by atoms with Crippen LogP contribution in [0.1, 0.15) is 6.92 Å². The Labute approximate surface area is 116 Å². The van der Waals surface area contributed by atoms with Crippen molar-refractivity contribution in [3.05, 3.63) is 41.6 Å². The normalized spacial score (nSPS) is 11.9. The number of ether oxygens (including phenoxy) is 1. The summed E-state index contributed by atoms with van der Waals surface area (Å²) in [6.07, 6.45) is 0.990. The van der Waals surface area contributed by atoms with E-state index in [1.165, 1.54) is 0 Å². The predicted octanol–water partition coefficient (Wildman–Crippen LogP) is 2.04. The molecular formula is C13H14ClN3O2. The van der Waals surface area contributed by atoms with Gasteiger partial charge in [0.1, 0.15) is 5.02 Å². The zero-order valence-electron chi connectivity index (χ0n) is 10.6. The molecule has 2 aromatic rings. The first-order chi connectivity index (χ1) is 9.11. The van der Waals surface area contributed by atoms with E-state index in [-0.39, 0.29) is 11.8 Å². The van der Waals surface area contributed by atoms with Gasteiger partial charge in [-0.05, 0) is 19.1 Å². The molecule has 19 heavy (non-hydrogen) atoms. The lowest BCUT2D eigenvalue weighted by molar-refractivity contribution is -0.126. The number of nitrogens with one attached hydrogen (secondary N) is 1. The largest absolute Gasteiger partial charge is 0.462 e. The highest BCUT2D eigenvalue weighted by atomic mass is 35.5. The van der Waals surface area contributed by atoms with Gasteiger partial charge in [-0.25, -0.2) is 4.68 Å². The van der Waals surface area contributed by atoms with Gasteiger partial charge >= 0.3 is 0 Å². The van der Waals surface area contributed by atoms with Crippen LogP contribution in [0.2, 0.25) is 5.02 Å². The van der Waals surface area contributed by atoms with Gasteiger partial charge in [0, 0.05) is 7.05 Å². The van der Waals surface area contributed by atoms with Crippen molar-refractivity contribution in [2.24, 2.45) is 0 Å². The zero-order valence-corrected chi connectivity index (χ0v) is 11.4. The first-order valence-electron chi connectivity index (χ1n) is 5.80. The summed E-state index contributed by atoms with van der Waals surface area (Å²) < 4.78 is 7.03. The van der Waals surface area contributed by atoms with E-state index in [9.17, 15) is 4.79 Å². The molecule has 1 N–H and O–H groups in total. The Bertz CT molecular complexity index is 569. The van der Waals surface area contributed by atoms with Gasteiger partial charge in [-0.1, -0.05) is 29.8 Å². The van der Waals surface area contributed by atoms with Gasteiger partial charge in [0.05, 0.1) is 11.9 Å². The van der Waals surface area contributed by atoms with Crippen LogP contribution >= 0.6 is 11.6 Å². The van der Waals surface area contributed by atoms with Crippen molar-refractivity contribution < 1.29 is 9.53 Å². The maximum atomic E-state index is 11.4. The molecule has 0 aliphatic rings. The molecule has 0 aliphatic carbocycles. The molecule has 5 nitrogen and oxygen atoms in total. The van der Waals surface area contributed by atoms with Gasteiger partial charge in [0.15, 0.2) is 6.10 Å². The monoisotopic (exact) mass is 279 g/mol. The number of nitrogens with zero attached hydrogens (tertiary/aromatic N) is 2. The minimum absolute atomic E-state index is 0.231. The zero-order chi connectivity index (χ0) is 13.8. The molecule has 0 radical (unpaired) electrons. The van der Waals surface area contributed by atoms with E-state index < -0.39 is 6.10 Å². The Morgan fingerprint density at radius 1 is 1.42 bits per heavy atom. The molecule has 1 amide bonds. The molecule has 100 valence electrons. The Morgan fingerprint density at radius 2 is 2.11 bits per heavy atom. The summed E-state index contributed by atoms with van der Waals surface area (Å²) in [6, 6.07) is 9.52. The van der Waals surface area contributed by atoms with Crippen molar-refractivity contribution in [3.63, 3.8) is 0 Å². The molecule has 1 atom stereocenters. The van der Waals surface area contributed by atoms with Gasteiger partial charge in [0.25, 0.3) is 11.8 Å². The molecule has 0 spiro atoms. The van der Waals surface area contributed by atoms with Crippen LogP contribution in [0.25, 0.3) is 5.69 Å². The number of para-hydroxylation sites is 1. The van der Waals surface area contributed by atoms with Gasteiger partial charge in [-0.3, -0.25) is 4.79 Å². The number of likely N-dealkylation sites (N-methyl/N-ethyl adjacent to an activating group) is 1. The average Bonchev–Trinajstić information content (AvgIpc) is 2.80. The third-order valence-electron chi connectivity index (χ3n) is 2.56. The highest BCUT2D eigenvalue weighted by Gasteiger charge is 2.17. The van der Waals surface area contributed by atoms with Crippen molar-refractivity contribution in [1.82, 2.24) is 15.1 Å². The first kappa shape index (κ1) is 13.4. The smallest absolute Gasteiger partial charge is 0.260 e. The lowest BCUT2D eigenvalue weighted by atomic mass is 10.3. The molecule has 1 aromatic carbocycles. The summed E-state index contributed by atoms with van der Waals surface area (Å²) in [7, 11) is 1.55. The van der Waals surface area contributed by atoms with Crippen LogP contribution in [0.4, 0.5) is 0 Å². The van der Waals surface area contributed by atoms with Crippen molar-refractivity contribution in [2.45, 2.75) is 13.0 Å². The Kier molecular flexibility index (Phi) is 4.06. The lowest BCUT2D eigenvalue weighted by Crippen LogP contribution is -2.33. The average molecular weight is 280 g/mol. The van der Waals surface area contributed by atoms with E-state index in [2.05, 4.69) is 10.4 Å². The molecule has 1 aromatic heterocycles. The summed E-state index contributed by atoms with van der Waals surface area (Å²) in [5.74, 6) is 0.00643. The van der Waals surface area contributed by atoms with Crippen molar-refractivity contribution in [3.8, 4) is 11.6 Å². The second-order valence-electron chi connectivity index (χ2n) is 3.94. The van der Waals surface area contributed by atoms with E-state index in [0.29, 0.717) is 5.02 Å². The SMILES string of the molecule is CNC(=O)[C@H](C)Oc1nn(-c2ccccc2)cc1Cl. The minimum atomic E-state index is -0.651. The van der Waals surface area contributed by atoms with Crippen LogP contribution in [-0.2, 0) is 4.79 Å². The molecule has 1 heterocycles. The maximum absolute atomic E-state index is 11.4. The topological polar surface area (TPSA) is 56.1 Å². The van der Waals surface area contributed by atoms with Crippen LogP contribution < -0.4 is 10.1 Å². The van der Waals surface area contributed by atoms with E-state index in [1.807, 2.05) is 30.3 Å². The van der Waals surface area contributed by atoms with Crippen LogP contribution in [0, 0.1) is 0 Å². The quantitative estimate of drug-likeness (QED) is 0.932. The number of hydrogen-bond acceptors (Lipinski definition) is 3. The standard InChI is InChI=1S/C13H14ClN3O2/c1-9(12(18)15-2)19-13-11(14)8-17(16-13)10-6-4-3-5-7-10/h3-9H,1-2H3,(H,15,18)/t9-/m0/s1. The number of benzene rings is 1. The van der Waals surface area contributed by atoms with E-state index in [1.54, 1.807) is 24.9 Å². The summed E-state index contributed by atoms with van der Waals surface area (Å²) >= 11 is 6.05. The van der Waals surface area contributed by atoms with E-state index in [0.717, 1.165) is 5.69 Å². The summed E-state index contributed by atoms with van der Waals surface area (Å²) in [5, 5.41) is 7.08. The number of amides is 1. The van der Waals surface area contributed by atoms with Crippen molar-refractivity contribution in [1.29, 1.82) is 0 Å². The third kappa shape index (κ3) is 3.06. The fourth-order valence-electron chi connectivity index (χ4n) is 1.55. The van der Waals surface area contributed by atoms with Crippen LogP contribution in [0.5, 0.6) is 5.88 Å². The molecule has 0 fully saturated rings. The Morgan fingerprint density at radius 3 is 2.74 bits per heavy atom. The fourth-order valence-corrected chi connectivity index (χ4v) is 1.73. The van der Waals surface area contributed by atoms with Crippen LogP contribution in [0.3, 0.4) is 0 Å². The van der Waals surface area contributed by atoms with Gasteiger partial charge in [-0.2, -0.15) is 0 Å². The number of aromatic nitrogens is 2. The lowest BCUT2D eigenvalue weighted by Gasteiger charge is -2.10. The Hall–Kier alpha value is -2.01. The highest BCUT2D eigenvalue weighted by Crippen LogP contribution is 2.24. The second-order valence-corrected chi connectivity index (χ2v) is 4.34. The predicted molar refractivity (Wildman–Crippen MR) is 72.7 cm³/mol. The van der Waals surface area contributed by atoms with E-state index >= 15 is 0 Å². The molecule has 0 saturated carbocycles. The molecule has 0 saturated heterocycles. The third-order valence-corrected chi connectivity index (χ3v) is 2.82. The highest BCUT2D eigenvalue weighted by molar-refractivity contribution is 6.31. The van der Waals surface area contributed by atoms with Gasteiger partial charge in [-0.15, -0.1) is 5.10 Å². The van der Waals surface area contributed by atoms with Gasteiger partial charge in [0.2, 0.25) is 0 Å². The first-order valence-corrected chi connectivity index (χ1v) is 6.18. The summed E-state index contributed by atoms with van der Waals surface area (Å²) in [4.78, 5) is 11.4. The van der Waals surface area contributed by atoms with Gasteiger partial charge < -0.3 is 10.1 Å². The molecule has 2 rings (SSSR count). The maximum Gasteiger partial charge on any atom is 0.260 e. The van der Waals surface area contributed by atoms with Crippen LogP contribution in [0.15, 0.2) is 36.5 Å². The number of rotatable bonds is 4. The second kappa shape index (κ2) is 5.75. The minimum Gasteiger partial charge on any atom is -0.462 e. The fraction of sp³-hybridized carbons (Fsp3) is 0.231. The molecule has 0 aliphatic heterocycles. The number of hydrogen-bond donors (Lipinski definition) is 1. The van der Waals surface area contributed by atoms with Crippen LogP contribution in [-0.4, -0.2) is 28.8 Å². The van der Waals surface area contributed by atoms with E-state index in [4.69, 9.17) is 16.3 Å². The number of halogens is 1. The number of carbonyl (C=O) groups is 1. The summed E-state index contributed by atoms with van der Waals surface area (Å²) in [5.41, 5.74) is 0.867. The molecule has 0 unspecified atom stereocenters. The number of carbonyl (C=O) groups excluding carboxylic acids is 1. The molecule has 0 bridgehead atoms. The van der Waals surface area contributed by atoms with Crippen molar-refractivity contribution in [2.75, 3.05) is 7.05 Å².